The summed E-state index contributed by atoms with van der Waals surface area (Å²) >= 11 is 0. The number of nitrogens with zero attached hydrogens (tertiary/aromatic N) is 4. The number of nitrogens with one attached hydrogen (secondary N) is 1. The first-order chi connectivity index (χ1) is 22.2. The molecular formula is C36H44FN5O4. The number of methoxy groups -OCH3 is 1. The van der Waals surface area contributed by atoms with E-state index in [4.69, 9.17) is 9.47 Å². The maximum atomic E-state index is 15.6. The van der Waals surface area contributed by atoms with Gasteiger partial charge in [-0.15, -0.1) is 0 Å². The first kappa shape index (κ1) is 32.1. The largest absolute Gasteiger partial charge is 0.457 e. The second kappa shape index (κ2) is 13.8. The van der Waals surface area contributed by atoms with Crippen LogP contribution in [0.3, 0.4) is 0 Å². The molecule has 244 valence electrons. The molecule has 9 nitrogen and oxygen atoms in total. The van der Waals surface area contributed by atoms with Crippen molar-refractivity contribution < 1.29 is 23.5 Å². The van der Waals surface area contributed by atoms with Gasteiger partial charge in [0, 0.05) is 62.9 Å². The Morgan fingerprint density at radius 3 is 2.41 bits per heavy atom. The zero-order chi connectivity index (χ0) is 32.4. The van der Waals surface area contributed by atoms with Gasteiger partial charge in [-0.1, -0.05) is 20.8 Å². The normalized spacial score (nSPS) is 22.3. The monoisotopic (exact) mass is 629 g/mol. The Morgan fingerprint density at radius 1 is 1.07 bits per heavy atom. The SMILES string of the molecule is COC1CC(N2CCC(NC(=O)c3cc(Oc4ccc(-c5ccc(C(C)C)nn5)cc4)c(CN4C[C@@H](C)CC4=O)cc3F)CC2)C1. The van der Waals surface area contributed by atoms with E-state index in [1.54, 1.807) is 12.0 Å². The van der Waals surface area contributed by atoms with Crippen molar-refractivity contribution in [3.63, 3.8) is 0 Å². The Kier molecular flexibility index (Phi) is 9.65. The van der Waals surface area contributed by atoms with E-state index in [1.807, 2.05) is 43.3 Å². The summed E-state index contributed by atoms with van der Waals surface area (Å²) in [4.78, 5) is 30.2. The third-order valence-corrected chi connectivity index (χ3v) is 9.60. The van der Waals surface area contributed by atoms with E-state index < -0.39 is 11.7 Å². The molecular weight excluding hydrogens is 585 g/mol. The van der Waals surface area contributed by atoms with Crippen molar-refractivity contribution in [3.8, 4) is 22.8 Å². The van der Waals surface area contributed by atoms with E-state index in [9.17, 15) is 9.59 Å². The number of piperidine rings is 1. The Bertz CT molecular complexity index is 1530. The number of benzene rings is 2. The van der Waals surface area contributed by atoms with E-state index in [0.29, 0.717) is 48.1 Å². The molecule has 0 unspecified atom stereocenters. The Labute approximate surface area is 270 Å². The molecule has 2 aromatic carbocycles. The first-order valence-corrected chi connectivity index (χ1v) is 16.5. The van der Waals surface area contributed by atoms with Crippen LogP contribution in [0.25, 0.3) is 11.3 Å². The van der Waals surface area contributed by atoms with Gasteiger partial charge in [-0.3, -0.25) is 9.59 Å². The summed E-state index contributed by atoms with van der Waals surface area (Å²) in [5.74, 6) is 0.337. The fraction of sp³-hybridized carbons (Fsp3) is 0.500. The van der Waals surface area contributed by atoms with Crippen LogP contribution < -0.4 is 10.1 Å². The number of ether oxygens (including phenoxy) is 2. The molecule has 3 heterocycles. The zero-order valence-corrected chi connectivity index (χ0v) is 27.2. The topological polar surface area (TPSA) is 96.9 Å². The first-order valence-electron chi connectivity index (χ1n) is 16.5. The van der Waals surface area contributed by atoms with E-state index in [0.717, 1.165) is 55.7 Å². The van der Waals surface area contributed by atoms with E-state index in [2.05, 4.69) is 34.3 Å². The predicted octanol–water partition coefficient (Wildman–Crippen LogP) is 5.94. The van der Waals surface area contributed by atoms with Crippen molar-refractivity contribution in [2.45, 2.75) is 83.5 Å². The molecule has 1 saturated carbocycles. The Hall–Kier alpha value is -3.89. The molecule has 2 saturated heterocycles. The van der Waals surface area contributed by atoms with Crippen molar-refractivity contribution in [1.82, 2.24) is 25.3 Å². The van der Waals surface area contributed by atoms with Crippen molar-refractivity contribution in [1.29, 1.82) is 0 Å². The maximum absolute atomic E-state index is 15.6. The Morgan fingerprint density at radius 2 is 1.80 bits per heavy atom. The van der Waals surface area contributed by atoms with Gasteiger partial charge in [0.1, 0.15) is 17.3 Å². The number of hydrogen-bond acceptors (Lipinski definition) is 7. The van der Waals surface area contributed by atoms with Gasteiger partial charge in [-0.05, 0) is 86.1 Å². The molecule has 1 aromatic heterocycles. The van der Waals surface area contributed by atoms with Crippen molar-refractivity contribution in [3.05, 3.63) is 71.2 Å². The quantitative estimate of drug-likeness (QED) is 0.297. The summed E-state index contributed by atoms with van der Waals surface area (Å²) in [6, 6.07) is 14.7. The van der Waals surface area contributed by atoms with Crippen LogP contribution in [0.1, 0.15) is 80.4 Å². The summed E-state index contributed by atoms with van der Waals surface area (Å²) in [7, 11) is 1.76. The summed E-state index contributed by atoms with van der Waals surface area (Å²) in [5.41, 5.74) is 3.00. The molecule has 1 N–H and O–H groups in total. The summed E-state index contributed by atoms with van der Waals surface area (Å²) in [6.45, 7) is 8.77. The average Bonchev–Trinajstić information content (AvgIpc) is 3.34. The highest BCUT2D eigenvalue weighted by molar-refractivity contribution is 5.95. The molecule has 46 heavy (non-hydrogen) atoms. The third-order valence-electron chi connectivity index (χ3n) is 9.60. The molecule has 10 heteroatoms. The third kappa shape index (κ3) is 7.23. The number of carbonyl (C=O) groups excluding carboxylic acids is 2. The van der Waals surface area contributed by atoms with Crippen LogP contribution in [0.4, 0.5) is 4.39 Å². The van der Waals surface area contributed by atoms with Crippen LogP contribution in [0.15, 0.2) is 48.5 Å². The van der Waals surface area contributed by atoms with Gasteiger partial charge in [0.2, 0.25) is 5.91 Å². The highest BCUT2D eigenvalue weighted by Crippen LogP contribution is 2.33. The van der Waals surface area contributed by atoms with Crippen molar-refractivity contribution in [2.24, 2.45) is 5.92 Å². The molecule has 1 atom stereocenters. The average molecular weight is 630 g/mol. The standard InChI is InChI=1S/C36H44FN5O4/c1-22(2)32-9-10-33(40-39-32)24-5-7-28(8-6-24)46-34-19-30(31(37)16-25(34)21-42-20-23(3)15-35(42)43)36(44)38-26-11-13-41(14-12-26)27-17-29(18-27)45-4/h5-10,16,19,22-23,26-27,29H,11-15,17-18,20-21H2,1-4H3,(H,38,44)/t23-,27?,29?/m0/s1. The second-order valence-electron chi connectivity index (χ2n) is 13.4. The number of carbonyl (C=O) groups is 2. The van der Waals surface area contributed by atoms with Gasteiger partial charge < -0.3 is 24.6 Å². The van der Waals surface area contributed by atoms with Crippen molar-refractivity contribution in [2.75, 3.05) is 26.7 Å². The molecule has 0 spiro atoms. The maximum Gasteiger partial charge on any atom is 0.254 e. The molecule has 0 bridgehead atoms. The van der Waals surface area contributed by atoms with E-state index in [1.165, 1.54) is 12.1 Å². The van der Waals surface area contributed by atoms with Crippen LogP contribution in [0.2, 0.25) is 0 Å². The molecule has 2 amide bonds. The van der Waals surface area contributed by atoms with Gasteiger partial charge in [0.05, 0.1) is 23.1 Å². The molecule has 3 aromatic rings. The Balaban J connectivity index is 1.17. The molecule has 6 rings (SSSR count). The fourth-order valence-corrected chi connectivity index (χ4v) is 6.64. The molecule has 3 aliphatic rings. The van der Waals surface area contributed by atoms with Gasteiger partial charge in [0.15, 0.2) is 0 Å². The minimum absolute atomic E-state index is 0.0283. The van der Waals surface area contributed by atoms with Crippen LogP contribution in [-0.4, -0.2) is 76.7 Å². The van der Waals surface area contributed by atoms with Crippen LogP contribution in [-0.2, 0) is 16.1 Å². The van der Waals surface area contributed by atoms with Crippen LogP contribution >= 0.6 is 0 Å². The fourth-order valence-electron chi connectivity index (χ4n) is 6.64. The van der Waals surface area contributed by atoms with E-state index >= 15 is 4.39 Å². The molecule has 0 radical (unpaired) electrons. The lowest BCUT2D eigenvalue weighted by Gasteiger charge is -2.45. The minimum Gasteiger partial charge on any atom is -0.457 e. The highest BCUT2D eigenvalue weighted by atomic mass is 19.1. The lowest BCUT2D eigenvalue weighted by atomic mass is 9.86. The van der Waals surface area contributed by atoms with Crippen LogP contribution in [0.5, 0.6) is 11.5 Å². The van der Waals surface area contributed by atoms with Crippen molar-refractivity contribution >= 4 is 11.8 Å². The van der Waals surface area contributed by atoms with Gasteiger partial charge in [0.25, 0.3) is 5.91 Å². The van der Waals surface area contributed by atoms with Gasteiger partial charge in [-0.25, -0.2) is 4.39 Å². The van der Waals surface area contributed by atoms with E-state index in [-0.39, 0.29) is 30.0 Å². The summed E-state index contributed by atoms with van der Waals surface area (Å²) in [6.07, 6.45) is 4.56. The molecule has 3 fully saturated rings. The number of rotatable bonds is 10. The second-order valence-corrected chi connectivity index (χ2v) is 13.4. The smallest absolute Gasteiger partial charge is 0.254 e. The lowest BCUT2D eigenvalue weighted by Crippen LogP contribution is -2.53. The highest BCUT2D eigenvalue weighted by Gasteiger charge is 2.36. The summed E-state index contributed by atoms with van der Waals surface area (Å²) in [5, 5.41) is 11.7. The number of likely N-dealkylation sites (tertiary alicyclic amines) is 2. The van der Waals surface area contributed by atoms with Gasteiger partial charge >= 0.3 is 0 Å². The summed E-state index contributed by atoms with van der Waals surface area (Å²) < 4.78 is 27.3. The number of halogens is 1. The molecule has 1 aliphatic carbocycles. The zero-order valence-electron chi connectivity index (χ0n) is 27.2. The molecule has 2 aliphatic heterocycles. The predicted molar refractivity (Wildman–Crippen MR) is 173 cm³/mol. The lowest BCUT2D eigenvalue weighted by molar-refractivity contribution is -0.128. The number of aromatic nitrogens is 2. The van der Waals surface area contributed by atoms with Crippen LogP contribution in [0, 0.1) is 11.7 Å². The minimum atomic E-state index is -0.629. The van der Waals surface area contributed by atoms with Gasteiger partial charge in [-0.2, -0.15) is 10.2 Å². The number of amides is 2. The number of hydrogen-bond donors (Lipinski definition) is 1.